The second-order valence-electron chi connectivity index (χ2n) is 11.5. The molecule has 1 aliphatic carbocycles. The molecule has 6 rings (SSSR count). The molecule has 6 atom stereocenters. The summed E-state index contributed by atoms with van der Waals surface area (Å²) in [6.45, 7) is 3.77. The lowest BCUT2D eigenvalue weighted by molar-refractivity contribution is -0.150. The van der Waals surface area contributed by atoms with E-state index in [1.165, 1.54) is 0 Å². The quantitative estimate of drug-likeness (QED) is 0.334. The minimum Gasteiger partial charge on any atom is -0.493 e. The zero-order valence-corrected chi connectivity index (χ0v) is 24.5. The summed E-state index contributed by atoms with van der Waals surface area (Å²) >= 11 is 0. The highest BCUT2D eigenvalue weighted by atomic mass is 16.7. The first-order valence-electron chi connectivity index (χ1n) is 14.1. The van der Waals surface area contributed by atoms with E-state index in [0.29, 0.717) is 31.1 Å². The largest absolute Gasteiger partial charge is 0.493 e. The second-order valence-corrected chi connectivity index (χ2v) is 11.5. The average molecular weight is 584 g/mol. The van der Waals surface area contributed by atoms with Crippen molar-refractivity contribution in [1.82, 2.24) is 9.80 Å². The van der Waals surface area contributed by atoms with E-state index in [2.05, 4.69) is 17.0 Å². The maximum absolute atomic E-state index is 13.8. The first-order valence-corrected chi connectivity index (χ1v) is 14.1. The molecule has 0 amide bonds. The number of piperidine rings is 1. The molecule has 0 radical (unpaired) electrons. The van der Waals surface area contributed by atoms with Crippen LogP contribution in [0.25, 0.3) is 0 Å². The Morgan fingerprint density at radius 2 is 1.93 bits per heavy atom. The number of carbonyl (C=O) groups excluding carboxylic acids is 1. The monoisotopic (exact) mass is 583 g/mol. The number of aliphatic hydroxyl groups excluding tert-OH is 1. The molecule has 1 aromatic carbocycles. The second kappa shape index (κ2) is 10.8. The van der Waals surface area contributed by atoms with Crippen LogP contribution < -0.4 is 9.47 Å². The van der Waals surface area contributed by atoms with E-state index in [9.17, 15) is 20.3 Å². The van der Waals surface area contributed by atoms with E-state index >= 15 is 0 Å². The van der Waals surface area contributed by atoms with E-state index in [4.69, 9.17) is 28.4 Å². The van der Waals surface area contributed by atoms with Gasteiger partial charge in [0.15, 0.2) is 41.2 Å². The number of aryl methyl sites for hydroxylation is 1. The van der Waals surface area contributed by atoms with Crippen LogP contribution in [0.1, 0.15) is 36.1 Å². The van der Waals surface area contributed by atoms with Crippen molar-refractivity contribution in [3.63, 3.8) is 0 Å². The molecule has 12 nitrogen and oxygen atoms in total. The average Bonchev–Trinajstić information content (AvgIpc) is 3.45. The van der Waals surface area contributed by atoms with Crippen LogP contribution in [-0.4, -0.2) is 110 Å². The Morgan fingerprint density at radius 3 is 2.62 bits per heavy atom. The number of hydrogen-bond acceptors (Lipinski definition) is 12. The lowest BCUT2D eigenvalue weighted by Gasteiger charge is -2.62. The van der Waals surface area contributed by atoms with E-state index in [-0.39, 0.29) is 48.7 Å². The number of ether oxygens (including phenoxy) is 6. The number of nitriles is 1. The van der Waals surface area contributed by atoms with Crippen molar-refractivity contribution in [2.75, 3.05) is 54.7 Å². The molecule has 42 heavy (non-hydrogen) atoms. The van der Waals surface area contributed by atoms with Gasteiger partial charge in [0.05, 0.1) is 45.1 Å². The first kappa shape index (κ1) is 28.9. The molecule has 3 saturated heterocycles. The predicted octanol–water partition coefficient (Wildman–Crippen LogP) is 1.09. The SMILES string of the molecule is COCCOCOc1c(OC)c(C)cc2c1[C@H]1C3CC4(O)C(=O)C(C)=C5OCOC5=C4[C@H](CO)N3[C@@H](C#N)[C@@H](C2)N1C. The van der Waals surface area contributed by atoms with Crippen LogP contribution in [-0.2, 0) is 30.2 Å². The maximum Gasteiger partial charge on any atom is 0.231 e. The van der Waals surface area contributed by atoms with Crippen LogP contribution in [0.2, 0.25) is 0 Å². The lowest BCUT2D eigenvalue weighted by atomic mass is 9.65. The molecular weight excluding hydrogens is 546 g/mol. The van der Waals surface area contributed by atoms with Crippen molar-refractivity contribution in [1.29, 1.82) is 5.26 Å². The van der Waals surface area contributed by atoms with Gasteiger partial charge in [0.25, 0.3) is 0 Å². The van der Waals surface area contributed by atoms with Gasteiger partial charge in [-0.05, 0) is 38.4 Å². The molecule has 226 valence electrons. The van der Waals surface area contributed by atoms with E-state index in [1.54, 1.807) is 21.1 Å². The highest BCUT2D eigenvalue weighted by Gasteiger charge is 2.64. The van der Waals surface area contributed by atoms with Crippen molar-refractivity contribution in [2.24, 2.45) is 0 Å². The van der Waals surface area contributed by atoms with Crippen molar-refractivity contribution in [2.45, 2.75) is 62.5 Å². The Labute approximate surface area is 244 Å². The molecular formula is C30H37N3O9. The van der Waals surface area contributed by atoms with Gasteiger partial charge in [0, 0.05) is 42.3 Å². The number of methoxy groups -OCH3 is 2. The Bertz CT molecular complexity index is 1400. The highest BCUT2D eigenvalue weighted by Crippen LogP contribution is 2.56. The summed E-state index contributed by atoms with van der Waals surface area (Å²) in [5.74, 6) is 1.17. The van der Waals surface area contributed by atoms with Gasteiger partial charge in [0.2, 0.25) is 6.79 Å². The topological polar surface area (TPSA) is 143 Å². The van der Waals surface area contributed by atoms with Crippen molar-refractivity contribution < 1.29 is 43.4 Å². The molecule has 0 saturated carbocycles. The number of carbonyl (C=O) groups is 1. The van der Waals surface area contributed by atoms with Crippen LogP contribution >= 0.6 is 0 Å². The third kappa shape index (κ3) is 3.99. The van der Waals surface area contributed by atoms with Gasteiger partial charge in [-0.1, -0.05) is 6.07 Å². The zero-order valence-electron chi connectivity index (χ0n) is 24.5. The van der Waals surface area contributed by atoms with E-state index in [0.717, 1.165) is 16.7 Å². The van der Waals surface area contributed by atoms with Crippen LogP contribution in [0.5, 0.6) is 11.5 Å². The third-order valence-electron chi connectivity index (χ3n) is 9.45. The smallest absolute Gasteiger partial charge is 0.231 e. The maximum atomic E-state index is 13.8. The Hall–Kier alpha value is -3.18. The van der Waals surface area contributed by atoms with Gasteiger partial charge in [-0.3, -0.25) is 14.6 Å². The van der Waals surface area contributed by atoms with Crippen LogP contribution in [0.4, 0.5) is 0 Å². The molecule has 5 aliphatic rings. The van der Waals surface area contributed by atoms with Gasteiger partial charge < -0.3 is 38.6 Å². The number of piperazine rings is 1. The van der Waals surface area contributed by atoms with Crippen LogP contribution in [0, 0.1) is 18.3 Å². The number of benzene rings is 1. The summed E-state index contributed by atoms with van der Waals surface area (Å²) in [6, 6.07) is 1.87. The summed E-state index contributed by atoms with van der Waals surface area (Å²) in [7, 11) is 5.14. The number of likely N-dealkylation sites (N-methyl/N-ethyl adjacent to an activating group) is 1. The standard InChI is InChI=1S/C30H37N3O9/c1-15-8-17-9-18-20(11-31)33-19(24(32(18)3)22(17)27(25(15)38-5)40-13-39-7-6-37-4)10-30(36)23(21(33)12-34)28-26(41-14-42-28)16(2)29(30)35/h8,18-21,24,34,36H,6-7,9-10,12-14H2,1-5H3/t18-,19?,20+,21+,24-,30?/m1/s1. The molecule has 2 N–H and O–H groups in total. The first-order chi connectivity index (χ1) is 20.2. The van der Waals surface area contributed by atoms with Crippen molar-refractivity contribution in [3.05, 3.63) is 45.4 Å². The molecule has 1 aromatic rings. The fraction of sp³-hybridized carbons (Fsp3) is 0.600. The number of ketones is 1. The fourth-order valence-electron chi connectivity index (χ4n) is 7.73. The molecule has 0 spiro atoms. The van der Waals surface area contributed by atoms with Crippen molar-refractivity contribution in [3.8, 4) is 17.6 Å². The minimum absolute atomic E-state index is 0.0194. The molecule has 2 unspecified atom stereocenters. The Balaban J connectivity index is 1.51. The number of nitrogens with zero attached hydrogens (tertiary/aromatic N) is 3. The molecule has 4 heterocycles. The van der Waals surface area contributed by atoms with Gasteiger partial charge in [0.1, 0.15) is 6.04 Å². The minimum atomic E-state index is -1.95. The number of fused-ring (bicyclic) bond motifs is 8. The number of rotatable bonds is 8. The molecule has 2 bridgehead atoms. The molecule has 3 fully saturated rings. The summed E-state index contributed by atoms with van der Waals surface area (Å²) in [5.41, 5.74) is 1.33. The molecule has 12 heteroatoms. The summed E-state index contributed by atoms with van der Waals surface area (Å²) in [5, 5.41) is 33.6. The van der Waals surface area contributed by atoms with Gasteiger partial charge in [-0.15, -0.1) is 0 Å². The van der Waals surface area contributed by atoms with Crippen LogP contribution in [0.3, 0.4) is 0 Å². The van der Waals surface area contributed by atoms with Crippen LogP contribution in [0.15, 0.2) is 28.7 Å². The third-order valence-corrected chi connectivity index (χ3v) is 9.45. The van der Waals surface area contributed by atoms with Gasteiger partial charge in [-0.2, -0.15) is 5.26 Å². The normalized spacial score (nSPS) is 31.9. The van der Waals surface area contributed by atoms with Crippen molar-refractivity contribution >= 4 is 5.78 Å². The van der Waals surface area contributed by atoms with Gasteiger partial charge in [-0.25, -0.2) is 0 Å². The molecule has 0 aromatic heterocycles. The zero-order chi connectivity index (χ0) is 29.9. The number of aliphatic hydroxyl groups is 2. The highest BCUT2D eigenvalue weighted by molar-refractivity contribution is 6.06. The summed E-state index contributed by atoms with van der Waals surface area (Å²) in [4.78, 5) is 17.9. The molecule has 4 aliphatic heterocycles. The summed E-state index contributed by atoms with van der Waals surface area (Å²) < 4.78 is 34.2. The van der Waals surface area contributed by atoms with E-state index in [1.807, 2.05) is 18.9 Å². The number of hydrogen-bond donors (Lipinski definition) is 2. The number of Topliss-reactive ketones (excluding diaryl/α,β-unsaturated/α-hetero) is 1. The lowest BCUT2D eigenvalue weighted by Crippen LogP contribution is -2.74. The van der Waals surface area contributed by atoms with E-state index < -0.39 is 42.2 Å². The summed E-state index contributed by atoms with van der Waals surface area (Å²) in [6.07, 6.45) is 0.529. The predicted molar refractivity (Wildman–Crippen MR) is 146 cm³/mol. The fourth-order valence-corrected chi connectivity index (χ4v) is 7.73. The Kier molecular flexibility index (Phi) is 7.45. The van der Waals surface area contributed by atoms with Gasteiger partial charge >= 0.3 is 0 Å². The Morgan fingerprint density at radius 1 is 1.17 bits per heavy atom.